The third-order valence-corrected chi connectivity index (χ3v) is 1.90. The second-order valence-electron chi connectivity index (χ2n) is 2.81. The van der Waals surface area contributed by atoms with Gasteiger partial charge in [-0.05, 0) is 6.92 Å². The van der Waals surface area contributed by atoms with E-state index in [1.54, 1.807) is 0 Å². The van der Waals surface area contributed by atoms with E-state index in [1.807, 2.05) is 0 Å². The zero-order valence-corrected chi connectivity index (χ0v) is 6.07. The lowest BCUT2D eigenvalue weighted by molar-refractivity contribution is -0.143. The maximum absolute atomic E-state index is 13.1. The highest BCUT2D eigenvalue weighted by molar-refractivity contribution is 4.96. The Hall–Kier alpha value is -0.230. The van der Waals surface area contributed by atoms with E-state index in [0.717, 1.165) is 6.92 Å². The molecule has 0 aromatic heterocycles. The molecule has 0 aromatic carbocycles. The predicted molar refractivity (Wildman–Crippen MR) is 33.5 cm³/mol. The number of aliphatic hydroxyl groups excluding tert-OH is 3. The molecule has 4 nitrogen and oxygen atoms in total. The minimum atomic E-state index is -2.19. The summed E-state index contributed by atoms with van der Waals surface area (Å²) in [5, 5.41) is 26.5. The Morgan fingerprint density at radius 3 is 2.27 bits per heavy atom. The van der Waals surface area contributed by atoms with Gasteiger partial charge in [-0.25, -0.2) is 4.39 Å². The first-order valence-electron chi connectivity index (χ1n) is 3.31. The molecule has 1 aliphatic heterocycles. The number of halogens is 1. The fourth-order valence-corrected chi connectivity index (χ4v) is 1.03. The van der Waals surface area contributed by atoms with E-state index in [2.05, 4.69) is 4.74 Å². The summed E-state index contributed by atoms with van der Waals surface area (Å²) in [6, 6.07) is 0. The van der Waals surface area contributed by atoms with Gasteiger partial charge in [0.25, 0.3) is 0 Å². The van der Waals surface area contributed by atoms with E-state index in [-0.39, 0.29) is 0 Å². The number of alkyl halides is 1. The van der Waals surface area contributed by atoms with Crippen LogP contribution in [0.4, 0.5) is 4.39 Å². The van der Waals surface area contributed by atoms with E-state index in [1.165, 1.54) is 0 Å². The van der Waals surface area contributed by atoms with Gasteiger partial charge >= 0.3 is 0 Å². The second kappa shape index (κ2) is 2.67. The van der Waals surface area contributed by atoms with Gasteiger partial charge < -0.3 is 20.1 Å². The van der Waals surface area contributed by atoms with Crippen molar-refractivity contribution in [3.05, 3.63) is 0 Å². The Balaban J connectivity index is 2.71. The maximum atomic E-state index is 13.1. The zero-order valence-electron chi connectivity index (χ0n) is 6.07. The van der Waals surface area contributed by atoms with E-state index >= 15 is 0 Å². The lowest BCUT2D eigenvalue weighted by atomic mass is 10.0. The molecule has 0 unspecified atom stereocenters. The summed E-state index contributed by atoms with van der Waals surface area (Å²) in [7, 11) is 0. The van der Waals surface area contributed by atoms with Crippen molar-refractivity contribution in [3.8, 4) is 0 Å². The van der Waals surface area contributed by atoms with Crippen LogP contribution in [0.2, 0.25) is 0 Å². The van der Waals surface area contributed by atoms with Crippen LogP contribution in [0.3, 0.4) is 0 Å². The van der Waals surface area contributed by atoms with Crippen LogP contribution >= 0.6 is 0 Å². The summed E-state index contributed by atoms with van der Waals surface area (Å²) in [6.07, 6.45) is -4.16. The quantitative estimate of drug-likeness (QED) is 0.457. The van der Waals surface area contributed by atoms with Crippen molar-refractivity contribution in [1.29, 1.82) is 0 Å². The van der Waals surface area contributed by atoms with Gasteiger partial charge in [0.1, 0.15) is 12.2 Å². The number of ether oxygens (including phenoxy) is 1. The largest absolute Gasteiger partial charge is 0.394 e. The monoisotopic (exact) mass is 166 g/mol. The van der Waals surface area contributed by atoms with Crippen LogP contribution in [0.25, 0.3) is 0 Å². The number of hydrogen-bond acceptors (Lipinski definition) is 4. The highest BCUT2D eigenvalue weighted by atomic mass is 19.1. The van der Waals surface area contributed by atoms with Crippen molar-refractivity contribution in [2.24, 2.45) is 0 Å². The number of hydrogen-bond donors (Lipinski definition) is 3. The third kappa shape index (κ3) is 1.24. The fourth-order valence-electron chi connectivity index (χ4n) is 1.03. The smallest absolute Gasteiger partial charge is 0.192 e. The van der Waals surface area contributed by atoms with E-state index in [4.69, 9.17) is 15.3 Å². The summed E-state index contributed by atoms with van der Waals surface area (Å²) in [4.78, 5) is 0. The van der Waals surface area contributed by atoms with Crippen LogP contribution in [0.15, 0.2) is 0 Å². The SMILES string of the molecule is C[C@@]1(F)[C@@H](O)O[C@@H](CO)[C@@H]1O. The molecule has 0 aliphatic carbocycles. The first kappa shape index (κ1) is 8.86. The van der Waals surface area contributed by atoms with Gasteiger partial charge in [-0.15, -0.1) is 0 Å². The molecule has 1 rings (SSSR count). The van der Waals surface area contributed by atoms with Gasteiger partial charge in [-0.2, -0.15) is 0 Å². The number of rotatable bonds is 1. The normalized spacial score (nSPS) is 51.5. The van der Waals surface area contributed by atoms with Gasteiger partial charge in [0.2, 0.25) is 0 Å². The van der Waals surface area contributed by atoms with Crippen LogP contribution in [0.5, 0.6) is 0 Å². The van der Waals surface area contributed by atoms with Crippen LogP contribution in [0, 0.1) is 0 Å². The Morgan fingerprint density at radius 1 is 1.55 bits per heavy atom. The maximum Gasteiger partial charge on any atom is 0.192 e. The molecule has 0 radical (unpaired) electrons. The van der Waals surface area contributed by atoms with Crippen molar-refractivity contribution in [2.45, 2.75) is 31.1 Å². The average molecular weight is 166 g/mol. The lowest BCUT2D eigenvalue weighted by Gasteiger charge is -2.19. The van der Waals surface area contributed by atoms with Crippen molar-refractivity contribution < 1.29 is 24.4 Å². The Labute approximate surface area is 63.2 Å². The molecule has 66 valence electrons. The Morgan fingerprint density at radius 2 is 2.09 bits per heavy atom. The minimum Gasteiger partial charge on any atom is -0.394 e. The van der Waals surface area contributed by atoms with Crippen molar-refractivity contribution in [1.82, 2.24) is 0 Å². The standard InChI is InChI=1S/C6H11FO4/c1-6(7)4(9)3(2-8)11-5(6)10/h3-5,8-10H,2H2,1H3/t3-,4-,5-,6-/m0/s1. The predicted octanol–water partition coefficient (Wildman–Crippen LogP) is -1.22. The molecule has 5 heteroatoms. The van der Waals surface area contributed by atoms with Gasteiger partial charge in [-0.1, -0.05) is 0 Å². The molecule has 1 heterocycles. The van der Waals surface area contributed by atoms with E-state index in [9.17, 15) is 4.39 Å². The summed E-state index contributed by atoms with van der Waals surface area (Å²) in [6.45, 7) is 0.524. The first-order valence-corrected chi connectivity index (χ1v) is 3.31. The molecule has 1 fully saturated rings. The van der Waals surface area contributed by atoms with Crippen LogP contribution < -0.4 is 0 Å². The number of aliphatic hydroxyl groups is 3. The van der Waals surface area contributed by atoms with Crippen LogP contribution in [-0.4, -0.2) is 46.1 Å². The molecular weight excluding hydrogens is 155 g/mol. The summed E-state index contributed by atoms with van der Waals surface area (Å²) < 4.78 is 17.6. The molecule has 0 saturated carbocycles. The van der Waals surface area contributed by atoms with Gasteiger partial charge in [0.05, 0.1) is 6.61 Å². The third-order valence-electron chi connectivity index (χ3n) is 1.90. The van der Waals surface area contributed by atoms with E-state index in [0.29, 0.717) is 0 Å². The Kier molecular flexibility index (Phi) is 2.15. The minimum absolute atomic E-state index is 0.502. The molecule has 0 bridgehead atoms. The average Bonchev–Trinajstić information content (AvgIpc) is 2.14. The second-order valence-corrected chi connectivity index (χ2v) is 2.81. The van der Waals surface area contributed by atoms with Crippen LogP contribution in [0.1, 0.15) is 6.92 Å². The van der Waals surface area contributed by atoms with Gasteiger partial charge in [0, 0.05) is 0 Å². The van der Waals surface area contributed by atoms with Crippen molar-refractivity contribution in [2.75, 3.05) is 6.61 Å². The Bertz CT molecular complexity index is 150. The summed E-state index contributed by atoms with van der Waals surface area (Å²) >= 11 is 0. The highest BCUT2D eigenvalue weighted by Crippen LogP contribution is 2.32. The molecule has 1 aliphatic rings. The summed E-state index contributed by atoms with van der Waals surface area (Å²) in [5.41, 5.74) is -2.19. The molecule has 0 spiro atoms. The molecule has 1 saturated heterocycles. The lowest BCUT2D eigenvalue weighted by Crippen LogP contribution is -2.41. The molecule has 0 aromatic rings. The van der Waals surface area contributed by atoms with Crippen molar-refractivity contribution in [3.63, 3.8) is 0 Å². The van der Waals surface area contributed by atoms with E-state index < -0.39 is 30.8 Å². The molecule has 11 heavy (non-hydrogen) atoms. The molecular formula is C6H11FO4. The summed E-state index contributed by atoms with van der Waals surface area (Å²) in [5.74, 6) is 0. The highest BCUT2D eigenvalue weighted by Gasteiger charge is 2.53. The zero-order chi connectivity index (χ0) is 8.65. The molecule has 3 N–H and O–H groups in total. The fraction of sp³-hybridized carbons (Fsp3) is 1.00. The molecule has 0 amide bonds. The van der Waals surface area contributed by atoms with Gasteiger partial charge in [-0.3, -0.25) is 0 Å². The van der Waals surface area contributed by atoms with Crippen molar-refractivity contribution >= 4 is 0 Å². The first-order chi connectivity index (χ1) is 5.00. The van der Waals surface area contributed by atoms with Crippen LogP contribution in [-0.2, 0) is 4.74 Å². The van der Waals surface area contributed by atoms with Gasteiger partial charge in [0.15, 0.2) is 12.0 Å². The molecule has 4 atom stereocenters. The topological polar surface area (TPSA) is 69.9 Å².